The number of benzene rings is 2. The summed E-state index contributed by atoms with van der Waals surface area (Å²) in [4.78, 5) is 25.4. The van der Waals surface area contributed by atoms with E-state index in [1.165, 1.54) is 18.4 Å². The maximum Gasteiger partial charge on any atom is 0.251 e. The Labute approximate surface area is 190 Å². The first-order chi connectivity index (χ1) is 15.6. The lowest BCUT2D eigenvalue weighted by atomic mass is 10.0. The van der Waals surface area contributed by atoms with Crippen LogP contribution in [0.3, 0.4) is 0 Å². The molecule has 2 aromatic rings. The van der Waals surface area contributed by atoms with Gasteiger partial charge in [0.1, 0.15) is 11.8 Å². The van der Waals surface area contributed by atoms with E-state index in [-0.39, 0.29) is 25.0 Å². The standard InChI is InChI=1S/C26H34N2O4/c1-2-3-19-6-8-21(9-7-19)18-24(26(31)27-15-16-29)28-25(30)22-10-12-23(13-11-22)32-17-14-20-4-5-20/h6-13,20,24,29H,2-5,14-18H2,1H3,(H,27,31)(H,28,30). The van der Waals surface area contributed by atoms with Crippen LogP contribution in [0.2, 0.25) is 0 Å². The van der Waals surface area contributed by atoms with Crippen LogP contribution >= 0.6 is 0 Å². The van der Waals surface area contributed by atoms with Crippen molar-refractivity contribution in [2.75, 3.05) is 19.8 Å². The Hall–Kier alpha value is -2.86. The molecule has 3 rings (SSSR count). The summed E-state index contributed by atoms with van der Waals surface area (Å²) in [5, 5.41) is 14.5. The van der Waals surface area contributed by atoms with Crippen molar-refractivity contribution < 1.29 is 19.4 Å². The normalized spacial score (nSPS) is 13.9. The summed E-state index contributed by atoms with van der Waals surface area (Å²) in [6.07, 6.45) is 6.14. The van der Waals surface area contributed by atoms with E-state index >= 15 is 0 Å². The summed E-state index contributed by atoms with van der Waals surface area (Å²) in [7, 11) is 0. The number of ether oxygens (including phenoxy) is 1. The SMILES string of the molecule is CCCc1ccc(CC(NC(=O)c2ccc(OCCC3CC3)cc2)C(=O)NCCO)cc1. The molecule has 1 unspecified atom stereocenters. The predicted molar refractivity (Wildman–Crippen MR) is 125 cm³/mol. The van der Waals surface area contributed by atoms with Gasteiger partial charge in [-0.2, -0.15) is 0 Å². The summed E-state index contributed by atoms with van der Waals surface area (Å²) in [6.45, 7) is 2.83. The zero-order valence-corrected chi connectivity index (χ0v) is 18.8. The molecule has 1 aliphatic carbocycles. The highest BCUT2D eigenvalue weighted by atomic mass is 16.5. The second-order valence-corrected chi connectivity index (χ2v) is 8.42. The van der Waals surface area contributed by atoms with Gasteiger partial charge in [-0.15, -0.1) is 0 Å². The monoisotopic (exact) mass is 438 g/mol. The van der Waals surface area contributed by atoms with Gasteiger partial charge in [-0.05, 0) is 54.2 Å². The molecule has 0 saturated heterocycles. The largest absolute Gasteiger partial charge is 0.494 e. The second-order valence-electron chi connectivity index (χ2n) is 8.42. The highest BCUT2D eigenvalue weighted by Crippen LogP contribution is 2.32. The van der Waals surface area contributed by atoms with Crippen molar-refractivity contribution in [3.05, 3.63) is 65.2 Å². The van der Waals surface area contributed by atoms with Crippen LogP contribution in [0.1, 0.15) is 54.1 Å². The summed E-state index contributed by atoms with van der Waals surface area (Å²) in [6, 6.07) is 14.4. The van der Waals surface area contributed by atoms with Crippen LogP contribution < -0.4 is 15.4 Å². The lowest BCUT2D eigenvalue weighted by molar-refractivity contribution is -0.123. The fourth-order valence-corrected chi connectivity index (χ4v) is 3.57. The first kappa shape index (κ1) is 23.8. The highest BCUT2D eigenvalue weighted by molar-refractivity contribution is 5.97. The number of carbonyl (C=O) groups is 2. The molecular weight excluding hydrogens is 404 g/mol. The van der Waals surface area contributed by atoms with Crippen LogP contribution in [0.25, 0.3) is 0 Å². The van der Waals surface area contributed by atoms with Crippen molar-refractivity contribution in [2.45, 2.75) is 51.5 Å². The van der Waals surface area contributed by atoms with Gasteiger partial charge in [0.25, 0.3) is 5.91 Å². The second kappa shape index (κ2) is 12.2. The van der Waals surface area contributed by atoms with Crippen LogP contribution in [0.5, 0.6) is 5.75 Å². The maximum absolute atomic E-state index is 12.8. The molecule has 1 aliphatic rings. The summed E-state index contributed by atoms with van der Waals surface area (Å²) in [5.41, 5.74) is 2.69. The van der Waals surface area contributed by atoms with E-state index < -0.39 is 6.04 Å². The maximum atomic E-state index is 12.8. The molecule has 0 bridgehead atoms. The molecule has 2 aromatic carbocycles. The molecular formula is C26H34N2O4. The zero-order valence-electron chi connectivity index (χ0n) is 18.8. The van der Waals surface area contributed by atoms with Crippen molar-refractivity contribution >= 4 is 11.8 Å². The molecule has 6 nitrogen and oxygen atoms in total. The molecule has 0 radical (unpaired) electrons. The minimum absolute atomic E-state index is 0.146. The molecule has 1 atom stereocenters. The molecule has 172 valence electrons. The minimum Gasteiger partial charge on any atom is -0.494 e. The van der Waals surface area contributed by atoms with E-state index in [0.717, 1.165) is 36.5 Å². The van der Waals surface area contributed by atoms with E-state index in [9.17, 15) is 9.59 Å². The Morgan fingerprint density at radius 1 is 1.06 bits per heavy atom. The molecule has 0 spiro atoms. The van der Waals surface area contributed by atoms with Gasteiger partial charge in [-0.1, -0.05) is 50.5 Å². The number of hydrogen-bond acceptors (Lipinski definition) is 4. The fourth-order valence-electron chi connectivity index (χ4n) is 3.57. The zero-order chi connectivity index (χ0) is 22.8. The molecule has 2 amide bonds. The minimum atomic E-state index is -0.736. The summed E-state index contributed by atoms with van der Waals surface area (Å²) < 4.78 is 5.74. The Balaban J connectivity index is 1.60. The van der Waals surface area contributed by atoms with Gasteiger partial charge in [-0.25, -0.2) is 0 Å². The molecule has 1 fully saturated rings. The molecule has 3 N–H and O–H groups in total. The van der Waals surface area contributed by atoms with Gasteiger partial charge in [0.2, 0.25) is 5.91 Å². The quantitative estimate of drug-likeness (QED) is 0.448. The first-order valence-corrected chi connectivity index (χ1v) is 11.6. The Morgan fingerprint density at radius 2 is 1.75 bits per heavy atom. The van der Waals surface area contributed by atoms with E-state index in [0.29, 0.717) is 18.6 Å². The average molecular weight is 439 g/mol. The number of aliphatic hydroxyl groups is 1. The average Bonchev–Trinajstić information content (AvgIpc) is 3.63. The molecule has 0 heterocycles. The van der Waals surface area contributed by atoms with Gasteiger partial charge in [0, 0.05) is 18.5 Å². The van der Waals surface area contributed by atoms with Crippen LogP contribution in [-0.2, 0) is 17.6 Å². The van der Waals surface area contributed by atoms with Crippen LogP contribution in [0.15, 0.2) is 48.5 Å². The van der Waals surface area contributed by atoms with Gasteiger partial charge >= 0.3 is 0 Å². The third-order valence-electron chi connectivity index (χ3n) is 5.64. The molecule has 1 saturated carbocycles. The van der Waals surface area contributed by atoms with Crippen LogP contribution in [-0.4, -0.2) is 42.7 Å². The number of rotatable bonds is 13. The van der Waals surface area contributed by atoms with E-state index in [1.807, 2.05) is 12.1 Å². The van der Waals surface area contributed by atoms with Crippen molar-refractivity contribution in [2.24, 2.45) is 5.92 Å². The number of nitrogens with one attached hydrogen (secondary N) is 2. The van der Waals surface area contributed by atoms with Crippen LogP contribution in [0, 0.1) is 5.92 Å². The Morgan fingerprint density at radius 3 is 2.38 bits per heavy atom. The third-order valence-corrected chi connectivity index (χ3v) is 5.64. The Bertz CT molecular complexity index is 860. The summed E-state index contributed by atoms with van der Waals surface area (Å²) >= 11 is 0. The van der Waals surface area contributed by atoms with Crippen molar-refractivity contribution in [3.63, 3.8) is 0 Å². The molecule has 0 aliphatic heterocycles. The van der Waals surface area contributed by atoms with Gasteiger partial charge < -0.3 is 20.5 Å². The van der Waals surface area contributed by atoms with E-state index in [2.05, 4.69) is 29.7 Å². The topological polar surface area (TPSA) is 87.7 Å². The van der Waals surface area contributed by atoms with E-state index in [4.69, 9.17) is 9.84 Å². The van der Waals surface area contributed by atoms with Crippen molar-refractivity contribution in [1.29, 1.82) is 0 Å². The number of aryl methyl sites for hydroxylation is 1. The third kappa shape index (κ3) is 7.68. The van der Waals surface area contributed by atoms with Crippen molar-refractivity contribution in [3.8, 4) is 5.75 Å². The van der Waals surface area contributed by atoms with Gasteiger partial charge in [0.05, 0.1) is 13.2 Å². The molecule has 32 heavy (non-hydrogen) atoms. The fraction of sp³-hybridized carbons (Fsp3) is 0.462. The number of aliphatic hydroxyl groups excluding tert-OH is 1. The van der Waals surface area contributed by atoms with Crippen LogP contribution in [0.4, 0.5) is 0 Å². The summed E-state index contributed by atoms with van der Waals surface area (Å²) in [5.74, 6) is 0.926. The number of hydrogen-bond donors (Lipinski definition) is 3. The van der Waals surface area contributed by atoms with Crippen molar-refractivity contribution in [1.82, 2.24) is 10.6 Å². The lowest BCUT2D eigenvalue weighted by Crippen LogP contribution is -2.48. The molecule has 6 heteroatoms. The molecule has 0 aromatic heterocycles. The van der Waals surface area contributed by atoms with E-state index in [1.54, 1.807) is 24.3 Å². The number of carbonyl (C=O) groups excluding carboxylic acids is 2. The first-order valence-electron chi connectivity index (χ1n) is 11.6. The highest BCUT2D eigenvalue weighted by Gasteiger charge is 2.22. The lowest BCUT2D eigenvalue weighted by Gasteiger charge is -2.19. The van der Waals surface area contributed by atoms with Gasteiger partial charge in [-0.3, -0.25) is 9.59 Å². The number of amides is 2. The Kier molecular flexibility index (Phi) is 9.11. The van der Waals surface area contributed by atoms with Gasteiger partial charge in [0.15, 0.2) is 0 Å². The smallest absolute Gasteiger partial charge is 0.251 e. The predicted octanol–water partition coefficient (Wildman–Crippen LogP) is 3.27.